The van der Waals surface area contributed by atoms with Crippen LogP contribution in [-0.4, -0.2) is 24.6 Å². The van der Waals surface area contributed by atoms with Crippen molar-refractivity contribution in [2.75, 3.05) is 7.05 Å². The predicted octanol–water partition coefficient (Wildman–Crippen LogP) is 6.11. The van der Waals surface area contributed by atoms with Gasteiger partial charge in [-0.1, -0.05) is 41.9 Å². The molecule has 3 rings (SSSR count). The molecule has 11 heteroatoms. The van der Waals surface area contributed by atoms with Gasteiger partial charge in [-0.2, -0.15) is 22.0 Å². The van der Waals surface area contributed by atoms with Gasteiger partial charge in [-0.05, 0) is 59.9 Å². The summed E-state index contributed by atoms with van der Waals surface area (Å²) >= 11 is 5.97. The van der Waals surface area contributed by atoms with Gasteiger partial charge in [0.1, 0.15) is 17.5 Å². The number of carbonyl (C=O) groups excluding carboxylic acids is 1. The normalized spacial score (nSPS) is 13.3. The molecule has 0 bridgehead atoms. The van der Waals surface area contributed by atoms with Crippen LogP contribution >= 0.6 is 11.6 Å². The predicted molar refractivity (Wildman–Crippen MR) is 125 cm³/mol. The van der Waals surface area contributed by atoms with E-state index >= 15 is 0 Å². The quantitative estimate of drug-likeness (QED) is 0.312. The Hall–Kier alpha value is -3.24. The number of nitrogens with one attached hydrogen (secondary N) is 2. The van der Waals surface area contributed by atoms with Crippen molar-refractivity contribution in [3.8, 4) is 5.75 Å². The molecule has 0 unspecified atom stereocenters. The van der Waals surface area contributed by atoms with Gasteiger partial charge < -0.3 is 10.1 Å². The summed E-state index contributed by atoms with van der Waals surface area (Å²) in [5.74, 6) is -0.410. The molecule has 0 aliphatic rings. The zero-order valence-electron chi connectivity index (χ0n) is 19.0. The SMILES string of the molecule is CNC(=O)[C@H](N[C@H](CCc1ccc(C(F)(F)F)nc1)c1cccc(OC(F)F)c1)c1ccc(Cl)cc1. The summed E-state index contributed by atoms with van der Waals surface area (Å²) in [7, 11) is 1.48. The Balaban J connectivity index is 1.90. The van der Waals surface area contributed by atoms with Crippen LogP contribution < -0.4 is 15.4 Å². The van der Waals surface area contributed by atoms with E-state index < -0.39 is 30.6 Å². The van der Waals surface area contributed by atoms with Gasteiger partial charge in [0.2, 0.25) is 5.91 Å². The summed E-state index contributed by atoms with van der Waals surface area (Å²) in [6, 6.07) is 13.5. The highest BCUT2D eigenvalue weighted by atomic mass is 35.5. The third-order valence-corrected chi connectivity index (χ3v) is 5.65. The van der Waals surface area contributed by atoms with Gasteiger partial charge in [0.15, 0.2) is 0 Å². The van der Waals surface area contributed by atoms with Crippen molar-refractivity contribution in [3.05, 3.63) is 94.3 Å². The number of pyridine rings is 1. The molecular formula is C25H23ClF5N3O2. The molecule has 0 aliphatic heterocycles. The first kappa shape index (κ1) is 27.3. The number of nitrogens with zero attached hydrogens (tertiary/aromatic N) is 1. The Kier molecular flexibility index (Phi) is 9.22. The molecule has 192 valence electrons. The second-order valence-electron chi connectivity index (χ2n) is 7.86. The van der Waals surface area contributed by atoms with Crippen LogP contribution in [0.4, 0.5) is 22.0 Å². The second-order valence-corrected chi connectivity index (χ2v) is 8.29. The highest BCUT2D eigenvalue weighted by molar-refractivity contribution is 6.30. The van der Waals surface area contributed by atoms with Gasteiger partial charge in [0.25, 0.3) is 0 Å². The maximum atomic E-state index is 12.8. The minimum Gasteiger partial charge on any atom is -0.435 e. The van der Waals surface area contributed by atoms with Crippen molar-refractivity contribution in [1.29, 1.82) is 0 Å². The number of halogens is 6. The molecule has 1 heterocycles. The van der Waals surface area contributed by atoms with E-state index in [1.807, 2.05) is 0 Å². The van der Waals surface area contributed by atoms with Crippen LogP contribution in [0.25, 0.3) is 0 Å². The van der Waals surface area contributed by atoms with Crippen molar-refractivity contribution in [2.45, 2.75) is 37.7 Å². The highest BCUT2D eigenvalue weighted by Crippen LogP contribution is 2.30. The number of hydrogen-bond donors (Lipinski definition) is 2. The molecule has 0 fully saturated rings. The van der Waals surface area contributed by atoms with E-state index in [9.17, 15) is 26.7 Å². The lowest BCUT2D eigenvalue weighted by Crippen LogP contribution is -2.38. The fourth-order valence-electron chi connectivity index (χ4n) is 3.63. The van der Waals surface area contributed by atoms with E-state index in [0.29, 0.717) is 34.6 Å². The molecule has 0 radical (unpaired) electrons. The number of rotatable bonds is 10. The molecule has 2 N–H and O–H groups in total. The van der Waals surface area contributed by atoms with Crippen molar-refractivity contribution >= 4 is 17.5 Å². The number of ether oxygens (including phenoxy) is 1. The second kappa shape index (κ2) is 12.1. The fraction of sp³-hybridized carbons (Fsp3) is 0.280. The lowest BCUT2D eigenvalue weighted by atomic mass is 9.96. The van der Waals surface area contributed by atoms with Gasteiger partial charge in [0, 0.05) is 24.3 Å². The molecule has 0 spiro atoms. The monoisotopic (exact) mass is 527 g/mol. The topological polar surface area (TPSA) is 63.2 Å². The maximum absolute atomic E-state index is 12.8. The zero-order chi connectivity index (χ0) is 26.3. The fourth-order valence-corrected chi connectivity index (χ4v) is 3.75. The third kappa shape index (κ3) is 7.63. The molecule has 0 saturated carbocycles. The number of aryl methyl sites for hydroxylation is 1. The van der Waals surface area contributed by atoms with E-state index in [-0.39, 0.29) is 11.7 Å². The van der Waals surface area contributed by atoms with Gasteiger partial charge in [-0.3, -0.25) is 15.1 Å². The van der Waals surface area contributed by atoms with Crippen molar-refractivity contribution < 1.29 is 31.5 Å². The first-order valence-electron chi connectivity index (χ1n) is 10.9. The number of hydrogen-bond acceptors (Lipinski definition) is 4. The minimum absolute atomic E-state index is 0.0616. The molecule has 5 nitrogen and oxygen atoms in total. The zero-order valence-corrected chi connectivity index (χ0v) is 19.8. The Morgan fingerprint density at radius 2 is 1.78 bits per heavy atom. The number of amides is 1. The Labute approximate surface area is 209 Å². The van der Waals surface area contributed by atoms with Crippen LogP contribution in [0, 0.1) is 0 Å². The molecule has 3 aromatic rings. The standard InChI is InChI=1S/C25H23ClF5N3O2/c1-32-23(35)22(16-7-9-18(26)10-8-16)34-20(17-3-2-4-19(13-17)36-24(27)28)11-5-15-6-12-21(33-14-15)25(29,30)31/h2-4,6-10,12-14,20,22,24,34H,5,11H2,1H3,(H,32,35)/t20-,22-/m1/s1. The summed E-state index contributed by atoms with van der Waals surface area (Å²) in [6.45, 7) is -3.02. The van der Waals surface area contributed by atoms with Crippen LogP contribution in [0.1, 0.15) is 40.9 Å². The van der Waals surface area contributed by atoms with Crippen LogP contribution in [0.2, 0.25) is 5.02 Å². The maximum Gasteiger partial charge on any atom is 0.433 e. The first-order valence-corrected chi connectivity index (χ1v) is 11.2. The Morgan fingerprint density at radius 1 is 1.06 bits per heavy atom. The Bertz CT molecular complexity index is 1140. The molecule has 0 saturated heterocycles. The summed E-state index contributed by atoms with van der Waals surface area (Å²) in [5, 5.41) is 6.32. The molecule has 1 amide bonds. The van der Waals surface area contributed by atoms with Crippen molar-refractivity contribution in [2.24, 2.45) is 0 Å². The van der Waals surface area contributed by atoms with Gasteiger partial charge >= 0.3 is 12.8 Å². The number of alkyl halides is 5. The number of carbonyl (C=O) groups is 1. The van der Waals surface area contributed by atoms with Crippen molar-refractivity contribution in [1.82, 2.24) is 15.6 Å². The van der Waals surface area contributed by atoms with Crippen LogP contribution in [-0.2, 0) is 17.4 Å². The number of likely N-dealkylation sites (N-methyl/N-ethyl adjacent to an activating group) is 1. The summed E-state index contributed by atoms with van der Waals surface area (Å²) in [4.78, 5) is 16.2. The lowest BCUT2D eigenvalue weighted by molar-refractivity contribution is -0.141. The molecule has 0 aliphatic carbocycles. The summed E-state index contributed by atoms with van der Waals surface area (Å²) in [6.07, 6.45) is -2.80. The molecule has 2 atom stereocenters. The van der Waals surface area contributed by atoms with Gasteiger partial charge in [0.05, 0.1) is 0 Å². The molecular weight excluding hydrogens is 505 g/mol. The van der Waals surface area contributed by atoms with E-state index in [2.05, 4.69) is 20.4 Å². The minimum atomic E-state index is -4.55. The highest BCUT2D eigenvalue weighted by Gasteiger charge is 2.32. The summed E-state index contributed by atoms with van der Waals surface area (Å²) < 4.78 is 68.6. The third-order valence-electron chi connectivity index (χ3n) is 5.40. The molecule has 2 aromatic carbocycles. The van der Waals surface area contributed by atoms with Crippen LogP contribution in [0.5, 0.6) is 5.75 Å². The largest absolute Gasteiger partial charge is 0.435 e. The number of aromatic nitrogens is 1. The van der Waals surface area contributed by atoms with Crippen LogP contribution in [0.3, 0.4) is 0 Å². The number of benzene rings is 2. The van der Waals surface area contributed by atoms with E-state index in [4.69, 9.17) is 11.6 Å². The van der Waals surface area contributed by atoms with E-state index in [0.717, 1.165) is 12.3 Å². The summed E-state index contributed by atoms with van der Waals surface area (Å²) in [5.41, 5.74) is 0.703. The Morgan fingerprint density at radius 3 is 2.36 bits per heavy atom. The molecule has 36 heavy (non-hydrogen) atoms. The van der Waals surface area contributed by atoms with E-state index in [1.165, 1.54) is 25.2 Å². The first-order chi connectivity index (χ1) is 17.1. The molecule has 1 aromatic heterocycles. The van der Waals surface area contributed by atoms with E-state index in [1.54, 1.807) is 36.4 Å². The van der Waals surface area contributed by atoms with Crippen LogP contribution in [0.15, 0.2) is 66.9 Å². The van der Waals surface area contributed by atoms with Gasteiger partial charge in [-0.25, -0.2) is 0 Å². The van der Waals surface area contributed by atoms with Crippen molar-refractivity contribution in [3.63, 3.8) is 0 Å². The lowest BCUT2D eigenvalue weighted by Gasteiger charge is -2.26. The smallest absolute Gasteiger partial charge is 0.433 e. The average molecular weight is 528 g/mol. The average Bonchev–Trinajstić information content (AvgIpc) is 2.84. The van der Waals surface area contributed by atoms with Gasteiger partial charge in [-0.15, -0.1) is 0 Å².